The van der Waals surface area contributed by atoms with Crippen LogP contribution in [0.5, 0.6) is 5.75 Å². The van der Waals surface area contributed by atoms with Crippen molar-refractivity contribution in [2.45, 2.75) is 64.3 Å². The highest BCUT2D eigenvalue weighted by atomic mass is 79.9. The monoisotopic (exact) mass is 685 g/mol. The topological polar surface area (TPSA) is 117 Å². The molecule has 0 saturated carbocycles. The van der Waals surface area contributed by atoms with Crippen molar-refractivity contribution in [1.82, 2.24) is 9.78 Å². The zero-order valence-electron chi connectivity index (χ0n) is 24.8. The van der Waals surface area contributed by atoms with E-state index in [4.69, 9.17) is 25.8 Å². The standard InChI is InChI=1S/C23H26ClN3O5S.C6H11BrO2/c1-23(2,3)32-22(28)16-31-20-7-5-6-19(14-20)27(15-17-8-10-18(24)11-9-17)33(29,30)21-12-13-26(4)25-21;1-6(2,3)9-5(8)4-7/h5-14H,15-16H2,1-4H3;4H2,1-3H3. The van der Waals surface area contributed by atoms with Crippen LogP contribution in [-0.4, -0.2) is 53.3 Å². The lowest BCUT2D eigenvalue weighted by Gasteiger charge is -2.24. The van der Waals surface area contributed by atoms with Gasteiger partial charge < -0.3 is 14.2 Å². The van der Waals surface area contributed by atoms with E-state index >= 15 is 0 Å². The van der Waals surface area contributed by atoms with Crippen LogP contribution in [0.1, 0.15) is 47.1 Å². The first-order valence-corrected chi connectivity index (χ1v) is 15.8. The lowest BCUT2D eigenvalue weighted by Crippen LogP contribution is -2.31. The summed E-state index contributed by atoms with van der Waals surface area (Å²) in [7, 11) is -2.35. The second-order valence-corrected chi connectivity index (χ2v) is 13.9. The van der Waals surface area contributed by atoms with Gasteiger partial charge in [0.25, 0.3) is 10.0 Å². The van der Waals surface area contributed by atoms with Gasteiger partial charge in [-0.1, -0.05) is 45.7 Å². The fourth-order valence-corrected chi connectivity index (χ4v) is 4.97. The van der Waals surface area contributed by atoms with E-state index in [0.29, 0.717) is 16.5 Å². The molecule has 3 rings (SSSR count). The summed E-state index contributed by atoms with van der Waals surface area (Å²) in [5, 5.41) is 4.81. The summed E-state index contributed by atoms with van der Waals surface area (Å²) in [4.78, 5) is 22.5. The molecule has 230 valence electrons. The molecule has 1 heterocycles. The Morgan fingerprint density at radius 2 is 1.55 bits per heavy atom. The molecule has 0 aliphatic heterocycles. The molecule has 0 N–H and O–H groups in total. The van der Waals surface area contributed by atoms with E-state index in [9.17, 15) is 18.0 Å². The first-order valence-electron chi connectivity index (χ1n) is 12.9. The number of carbonyl (C=O) groups is 2. The highest BCUT2D eigenvalue weighted by Crippen LogP contribution is 2.29. The molecular formula is C29H37BrClN3O7S. The number of ether oxygens (including phenoxy) is 3. The summed E-state index contributed by atoms with van der Waals surface area (Å²) >= 11 is 8.97. The van der Waals surface area contributed by atoms with Crippen LogP contribution in [0.15, 0.2) is 65.8 Å². The Kier molecular flexibility index (Phi) is 12.4. The van der Waals surface area contributed by atoms with Crippen LogP contribution in [0.4, 0.5) is 5.69 Å². The van der Waals surface area contributed by atoms with Crippen LogP contribution in [-0.2, 0) is 42.7 Å². The number of nitrogens with zero attached hydrogens (tertiary/aromatic N) is 3. The maximum atomic E-state index is 13.5. The molecule has 3 aromatic rings. The third-order valence-electron chi connectivity index (χ3n) is 4.89. The first kappa shape index (κ1) is 35.1. The molecule has 0 aliphatic rings. The summed E-state index contributed by atoms with van der Waals surface area (Å²) in [5.74, 6) is -0.412. The first-order chi connectivity index (χ1) is 19.4. The average Bonchev–Trinajstić information content (AvgIpc) is 3.33. The van der Waals surface area contributed by atoms with E-state index in [-0.39, 0.29) is 35.1 Å². The fourth-order valence-electron chi connectivity index (χ4n) is 3.33. The molecule has 0 saturated heterocycles. The van der Waals surface area contributed by atoms with Crippen molar-refractivity contribution in [2.24, 2.45) is 7.05 Å². The minimum Gasteiger partial charge on any atom is -0.482 e. The molecule has 42 heavy (non-hydrogen) atoms. The van der Waals surface area contributed by atoms with Crippen LogP contribution >= 0.6 is 27.5 Å². The Balaban J connectivity index is 0.000000592. The summed E-state index contributed by atoms with van der Waals surface area (Å²) in [5.41, 5.74) is 0.107. The molecule has 0 spiro atoms. The minimum atomic E-state index is -3.99. The summed E-state index contributed by atoms with van der Waals surface area (Å²) in [6.07, 6.45) is 1.56. The van der Waals surface area contributed by atoms with E-state index in [2.05, 4.69) is 21.0 Å². The highest BCUT2D eigenvalue weighted by Gasteiger charge is 2.28. The van der Waals surface area contributed by atoms with Crippen LogP contribution in [0.3, 0.4) is 0 Å². The molecular weight excluding hydrogens is 650 g/mol. The fraction of sp³-hybridized carbons (Fsp3) is 0.414. The molecule has 0 atom stereocenters. The maximum Gasteiger partial charge on any atom is 0.344 e. The zero-order valence-corrected chi connectivity index (χ0v) is 27.9. The second kappa shape index (κ2) is 14.9. The van der Waals surface area contributed by atoms with Gasteiger partial charge in [0.2, 0.25) is 0 Å². The van der Waals surface area contributed by atoms with Crippen molar-refractivity contribution in [3.63, 3.8) is 0 Å². The van der Waals surface area contributed by atoms with Gasteiger partial charge in [0.15, 0.2) is 11.6 Å². The number of hydrogen-bond acceptors (Lipinski definition) is 8. The van der Waals surface area contributed by atoms with Gasteiger partial charge in [-0.15, -0.1) is 0 Å². The van der Waals surface area contributed by atoms with Crippen molar-refractivity contribution >= 4 is 55.2 Å². The third kappa shape index (κ3) is 12.0. The van der Waals surface area contributed by atoms with Crippen molar-refractivity contribution in [1.29, 1.82) is 0 Å². The predicted molar refractivity (Wildman–Crippen MR) is 165 cm³/mol. The maximum absolute atomic E-state index is 13.5. The number of halogens is 2. The molecule has 0 radical (unpaired) electrons. The van der Waals surface area contributed by atoms with Crippen LogP contribution in [0, 0.1) is 0 Å². The largest absolute Gasteiger partial charge is 0.482 e. The number of hydrogen-bond donors (Lipinski definition) is 0. The van der Waals surface area contributed by atoms with Gasteiger partial charge >= 0.3 is 11.9 Å². The number of esters is 2. The smallest absolute Gasteiger partial charge is 0.344 e. The zero-order chi connectivity index (χ0) is 31.7. The van der Waals surface area contributed by atoms with Gasteiger partial charge in [0, 0.05) is 24.3 Å². The molecule has 0 bridgehead atoms. The summed E-state index contributed by atoms with van der Waals surface area (Å²) in [6, 6.07) is 14.8. The molecule has 0 amide bonds. The van der Waals surface area contributed by atoms with Crippen molar-refractivity contribution in [3.05, 3.63) is 71.4 Å². The predicted octanol–water partition coefficient (Wildman–Crippen LogP) is 5.91. The van der Waals surface area contributed by atoms with E-state index in [1.165, 1.54) is 15.1 Å². The number of anilines is 1. The number of carbonyl (C=O) groups excluding carboxylic acids is 2. The summed E-state index contributed by atoms with van der Waals surface area (Å²) in [6.45, 7) is 10.6. The normalized spacial score (nSPS) is 11.6. The molecule has 10 nitrogen and oxygen atoms in total. The van der Waals surface area contributed by atoms with Gasteiger partial charge in [-0.2, -0.15) is 13.5 Å². The molecule has 2 aromatic carbocycles. The van der Waals surface area contributed by atoms with Gasteiger partial charge in [-0.3, -0.25) is 13.8 Å². The molecule has 0 unspecified atom stereocenters. The van der Waals surface area contributed by atoms with Gasteiger partial charge in [-0.05, 0) is 77.4 Å². The Labute approximate surface area is 261 Å². The Morgan fingerprint density at radius 3 is 2.05 bits per heavy atom. The number of rotatable bonds is 9. The SMILES string of the molecule is CC(C)(C)OC(=O)CBr.Cn1ccc(S(=O)(=O)N(Cc2ccc(Cl)cc2)c2cccc(OCC(=O)OC(C)(C)C)c2)n1. The Bertz CT molecular complexity index is 1450. The van der Waals surface area contributed by atoms with Gasteiger partial charge in [-0.25, -0.2) is 4.79 Å². The van der Waals surface area contributed by atoms with Crippen LogP contribution < -0.4 is 9.04 Å². The number of benzene rings is 2. The third-order valence-corrected chi connectivity index (χ3v) is 7.27. The molecule has 0 fully saturated rings. The average molecular weight is 687 g/mol. The number of aromatic nitrogens is 2. The molecule has 13 heteroatoms. The summed E-state index contributed by atoms with van der Waals surface area (Å²) < 4.78 is 45.3. The Hall–Kier alpha value is -3.09. The van der Waals surface area contributed by atoms with Crippen molar-refractivity contribution in [2.75, 3.05) is 16.2 Å². The van der Waals surface area contributed by atoms with Crippen LogP contribution in [0.25, 0.3) is 0 Å². The van der Waals surface area contributed by atoms with E-state index in [1.807, 2.05) is 20.8 Å². The van der Waals surface area contributed by atoms with E-state index < -0.39 is 21.6 Å². The molecule has 0 aliphatic carbocycles. The van der Waals surface area contributed by atoms with Gasteiger partial charge in [0.1, 0.15) is 22.3 Å². The quantitative estimate of drug-likeness (QED) is 0.202. The van der Waals surface area contributed by atoms with E-state index in [0.717, 1.165) is 5.56 Å². The lowest BCUT2D eigenvalue weighted by molar-refractivity contribution is -0.157. The Morgan fingerprint density at radius 1 is 0.952 bits per heavy atom. The van der Waals surface area contributed by atoms with Crippen molar-refractivity contribution in [3.8, 4) is 5.75 Å². The van der Waals surface area contributed by atoms with Gasteiger partial charge in [0.05, 0.1) is 12.2 Å². The minimum absolute atomic E-state index is 0.0472. The van der Waals surface area contributed by atoms with Crippen LogP contribution in [0.2, 0.25) is 5.02 Å². The number of alkyl halides is 1. The number of aryl methyl sites for hydroxylation is 1. The highest BCUT2D eigenvalue weighted by molar-refractivity contribution is 9.09. The molecule has 1 aromatic heterocycles. The lowest BCUT2D eigenvalue weighted by atomic mass is 10.2. The number of sulfonamides is 1. The second-order valence-electron chi connectivity index (χ2n) is 11.1. The van der Waals surface area contributed by atoms with E-state index in [1.54, 1.807) is 82.5 Å². The van der Waals surface area contributed by atoms with Crippen molar-refractivity contribution < 1.29 is 32.2 Å².